The summed E-state index contributed by atoms with van der Waals surface area (Å²) in [6.45, 7) is 2.34. The molecule has 1 unspecified atom stereocenters. The van der Waals surface area contributed by atoms with Gasteiger partial charge in [0.2, 0.25) is 0 Å². The molecule has 2 saturated carbocycles. The van der Waals surface area contributed by atoms with Gasteiger partial charge in [-0.2, -0.15) is 0 Å². The molecule has 3 N–H and O–H groups in total. The molecule has 0 spiro atoms. The van der Waals surface area contributed by atoms with Gasteiger partial charge in [0.1, 0.15) is 0 Å². The topological polar surface area (TPSA) is 38.0 Å². The number of hydrogen-bond acceptors (Lipinski definition) is 2. The van der Waals surface area contributed by atoms with Crippen molar-refractivity contribution in [1.29, 1.82) is 0 Å². The normalized spacial score (nSPS) is 31.9. The van der Waals surface area contributed by atoms with Crippen LogP contribution in [0.25, 0.3) is 0 Å². The van der Waals surface area contributed by atoms with Crippen LogP contribution >= 0.6 is 0 Å². The molecule has 0 saturated heterocycles. The van der Waals surface area contributed by atoms with E-state index in [1.165, 1.54) is 77.0 Å². The zero-order valence-corrected chi connectivity index (χ0v) is 12.9. The number of hydrogen-bond donors (Lipinski definition) is 2. The Morgan fingerprint density at radius 1 is 0.895 bits per heavy atom. The Labute approximate surface area is 119 Å². The molecule has 0 aromatic rings. The first-order valence-electron chi connectivity index (χ1n) is 8.79. The van der Waals surface area contributed by atoms with Crippen LogP contribution in [0.2, 0.25) is 0 Å². The van der Waals surface area contributed by atoms with Crippen LogP contribution in [-0.2, 0) is 0 Å². The quantitative estimate of drug-likeness (QED) is 0.440. The van der Waals surface area contributed by atoms with Crippen molar-refractivity contribution < 1.29 is 0 Å². The summed E-state index contributed by atoms with van der Waals surface area (Å²) in [4.78, 5) is 0. The number of nitrogens with one attached hydrogen (secondary N) is 1. The minimum absolute atomic E-state index is 0.584. The summed E-state index contributed by atoms with van der Waals surface area (Å²) in [5.41, 5.74) is 3.17. The second-order valence-electron chi connectivity index (χ2n) is 7.06. The van der Waals surface area contributed by atoms with E-state index in [4.69, 9.17) is 5.84 Å². The molecule has 112 valence electrons. The van der Waals surface area contributed by atoms with Crippen molar-refractivity contribution in [3.8, 4) is 0 Å². The summed E-state index contributed by atoms with van der Waals surface area (Å²) in [7, 11) is 0. The van der Waals surface area contributed by atoms with Gasteiger partial charge in [0.25, 0.3) is 0 Å². The van der Waals surface area contributed by atoms with Gasteiger partial charge >= 0.3 is 0 Å². The monoisotopic (exact) mass is 266 g/mol. The molecule has 2 heteroatoms. The fourth-order valence-electron chi connectivity index (χ4n) is 4.35. The molecule has 0 aromatic carbocycles. The third kappa shape index (κ3) is 4.75. The van der Waals surface area contributed by atoms with E-state index in [9.17, 15) is 0 Å². The summed E-state index contributed by atoms with van der Waals surface area (Å²) >= 11 is 0. The predicted octanol–water partition coefficient (Wildman–Crippen LogP) is 4.40. The van der Waals surface area contributed by atoms with E-state index in [0.29, 0.717) is 6.04 Å². The number of nitrogens with two attached hydrogens (primary N) is 1. The van der Waals surface area contributed by atoms with Crippen LogP contribution in [0.15, 0.2) is 0 Å². The Morgan fingerprint density at radius 2 is 1.53 bits per heavy atom. The standard InChI is InChI=1S/C17H34N2/c1-2-14-9-11-16(12-10-14)17(19-18)13-15-7-5-3-4-6-8-15/h14-17,19H,2-13,18H2,1H3. The lowest BCUT2D eigenvalue weighted by Crippen LogP contribution is -2.43. The smallest absolute Gasteiger partial charge is 0.0241 e. The van der Waals surface area contributed by atoms with E-state index in [2.05, 4.69) is 12.3 Å². The highest BCUT2D eigenvalue weighted by molar-refractivity contribution is 4.83. The number of hydrazine groups is 1. The Kier molecular flexibility index (Phi) is 6.66. The van der Waals surface area contributed by atoms with Crippen molar-refractivity contribution in [3.63, 3.8) is 0 Å². The van der Waals surface area contributed by atoms with Gasteiger partial charge < -0.3 is 0 Å². The molecule has 2 rings (SSSR count). The van der Waals surface area contributed by atoms with Crippen molar-refractivity contribution in [1.82, 2.24) is 5.43 Å². The van der Waals surface area contributed by atoms with Crippen molar-refractivity contribution in [2.45, 2.75) is 90.0 Å². The van der Waals surface area contributed by atoms with Crippen molar-refractivity contribution >= 4 is 0 Å². The second-order valence-corrected chi connectivity index (χ2v) is 7.06. The van der Waals surface area contributed by atoms with Gasteiger partial charge in [-0.1, -0.05) is 64.7 Å². The molecular weight excluding hydrogens is 232 g/mol. The zero-order valence-electron chi connectivity index (χ0n) is 12.9. The summed E-state index contributed by atoms with van der Waals surface area (Å²) in [5, 5.41) is 0. The SMILES string of the molecule is CCC1CCC(C(CC2CCCCCC2)NN)CC1. The molecule has 2 aliphatic rings. The second kappa shape index (κ2) is 8.26. The van der Waals surface area contributed by atoms with Crippen LogP contribution in [-0.4, -0.2) is 6.04 Å². The maximum Gasteiger partial charge on any atom is 0.0241 e. The molecule has 2 fully saturated rings. The molecule has 1 atom stereocenters. The average molecular weight is 266 g/mol. The van der Waals surface area contributed by atoms with Crippen LogP contribution in [0.1, 0.15) is 84.0 Å². The highest BCUT2D eigenvalue weighted by Crippen LogP contribution is 2.35. The van der Waals surface area contributed by atoms with Crippen molar-refractivity contribution in [2.75, 3.05) is 0 Å². The van der Waals surface area contributed by atoms with Crippen LogP contribution < -0.4 is 11.3 Å². The van der Waals surface area contributed by atoms with Gasteiger partial charge in [0, 0.05) is 6.04 Å². The minimum Gasteiger partial charge on any atom is -0.271 e. The fraction of sp³-hybridized carbons (Fsp3) is 1.00. The Morgan fingerprint density at radius 3 is 2.05 bits per heavy atom. The largest absolute Gasteiger partial charge is 0.271 e. The molecule has 0 radical (unpaired) electrons. The first kappa shape index (κ1) is 15.3. The van der Waals surface area contributed by atoms with Crippen molar-refractivity contribution in [3.05, 3.63) is 0 Å². The Bertz CT molecular complexity index is 225. The molecule has 0 heterocycles. The third-order valence-electron chi connectivity index (χ3n) is 5.81. The molecular formula is C17H34N2. The van der Waals surface area contributed by atoms with Crippen LogP contribution in [0, 0.1) is 17.8 Å². The highest BCUT2D eigenvalue weighted by Gasteiger charge is 2.28. The molecule has 0 aliphatic heterocycles. The lowest BCUT2D eigenvalue weighted by molar-refractivity contribution is 0.192. The van der Waals surface area contributed by atoms with E-state index in [0.717, 1.165) is 17.8 Å². The van der Waals surface area contributed by atoms with Crippen LogP contribution in [0.3, 0.4) is 0 Å². The first-order valence-corrected chi connectivity index (χ1v) is 8.79. The zero-order chi connectivity index (χ0) is 13.5. The third-order valence-corrected chi connectivity index (χ3v) is 5.81. The lowest BCUT2D eigenvalue weighted by Gasteiger charge is -2.35. The van der Waals surface area contributed by atoms with Gasteiger partial charge in [-0.15, -0.1) is 0 Å². The number of rotatable bonds is 5. The minimum atomic E-state index is 0.584. The van der Waals surface area contributed by atoms with E-state index in [-0.39, 0.29) is 0 Å². The summed E-state index contributed by atoms with van der Waals surface area (Å²) in [5.74, 6) is 8.65. The van der Waals surface area contributed by atoms with Crippen LogP contribution in [0.5, 0.6) is 0 Å². The van der Waals surface area contributed by atoms with Gasteiger partial charge in [-0.05, 0) is 37.0 Å². The summed E-state index contributed by atoms with van der Waals surface area (Å²) in [6, 6.07) is 0.584. The van der Waals surface area contributed by atoms with E-state index < -0.39 is 0 Å². The Balaban J connectivity index is 1.78. The maximum absolute atomic E-state index is 5.88. The molecule has 19 heavy (non-hydrogen) atoms. The fourth-order valence-corrected chi connectivity index (χ4v) is 4.35. The predicted molar refractivity (Wildman–Crippen MR) is 82.7 cm³/mol. The lowest BCUT2D eigenvalue weighted by atomic mass is 9.75. The van der Waals surface area contributed by atoms with Crippen LogP contribution in [0.4, 0.5) is 0 Å². The van der Waals surface area contributed by atoms with Gasteiger partial charge in [-0.3, -0.25) is 11.3 Å². The van der Waals surface area contributed by atoms with Gasteiger partial charge in [0.05, 0.1) is 0 Å². The summed E-state index contributed by atoms with van der Waals surface area (Å²) < 4.78 is 0. The molecule has 2 nitrogen and oxygen atoms in total. The molecule has 0 aromatic heterocycles. The first-order chi connectivity index (χ1) is 9.33. The molecule has 0 amide bonds. The highest BCUT2D eigenvalue weighted by atomic mass is 15.2. The Hall–Kier alpha value is -0.0800. The maximum atomic E-state index is 5.88. The van der Waals surface area contributed by atoms with Crippen molar-refractivity contribution in [2.24, 2.45) is 23.6 Å². The van der Waals surface area contributed by atoms with E-state index in [1.54, 1.807) is 0 Å². The molecule has 0 bridgehead atoms. The average Bonchev–Trinajstić information content (AvgIpc) is 2.73. The van der Waals surface area contributed by atoms with E-state index in [1.807, 2.05) is 0 Å². The van der Waals surface area contributed by atoms with Gasteiger partial charge in [-0.25, -0.2) is 0 Å². The molecule has 2 aliphatic carbocycles. The van der Waals surface area contributed by atoms with E-state index >= 15 is 0 Å². The van der Waals surface area contributed by atoms with Gasteiger partial charge in [0.15, 0.2) is 0 Å². The summed E-state index contributed by atoms with van der Waals surface area (Å²) in [6.07, 6.45) is 17.1.